The Morgan fingerprint density at radius 3 is 2.65 bits per heavy atom. The van der Waals surface area contributed by atoms with Crippen LogP contribution in [0.25, 0.3) is 0 Å². The predicted octanol–water partition coefficient (Wildman–Crippen LogP) is 0.554. The van der Waals surface area contributed by atoms with Crippen LogP contribution < -0.4 is 5.32 Å². The van der Waals surface area contributed by atoms with E-state index in [1.807, 2.05) is 7.05 Å². The molecule has 1 N–H and O–H groups in total. The third-order valence-electron chi connectivity index (χ3n) is 4.91. The fourth-order valence-corrected chi connectivity index (χ4v) is 3.48. The molecule has 5 heteroatoms. The third kappa shape index (κ3) is 3.15. The molecule has 2 atom stereocenters. The van der Waals surface area contributed by atoms with Crippen molar-refractivity contribution in [1.82, 2.24) is 15.1 Å². The predicted molar refractivity (Wildman–Crippen MR) is 79.7 cm³/mol. The van der Waals surface area contributed by atoms with Crippen molar-refractivity contribution in [1.29, 1.82) is 0 Å². The first-order valence-electron chi connectivity index (χ1n) is 7.73. The van der Waals surface area contributed by atoms with E-state index >= 15 is 0 Å². The molecule has 2 fully saturated rings. The van der Waals surface area contributed by atoms with Crippen LogP contribution in [0.2, 0.25) is 0 Å². The Balaban J connectivity index is 2.12. The molecule has 1 aliphatic carbocycles. The summed E-state index contributed by atoms with van der Waals surface area (Å²) in [5, 5.41) is 3.30. The smallest absolute Gasteiger partial charge is 0.327 e. The summed E-state index contributed by atoms with van der Waals surface area (Å²) in [6.07, 6.45) is 3.41. The Labute approximate surface area is 122 Å². The number of hydrogen-bond donors (Lipinski definition) is 1. The van der Waals surface area contributed by atoms with Crippen molar-refractivity contribution in [2.75, 3.05) is 47.4 Å². The number of esters is 1. The zero-order valence-corrected chi connectivity index (χ0v) is 13.3. The molecule has 0 aromatic carbocycles. The van der Waals surface area contributed by atoms with Crippen LogP contribution in [0, 0.1) is 5.92 Å². The van der Waals surface area contributed by atoms with Gasteiger partial charge in [0.05, 0.1) is 7.11 Å². The Morgan fingerprint density at radius 1 is 1.40 bits per heavy atom. The highest BCUT2D eigenvalue weighted by Crippen LogP contribution is 2.41. The molecule has 2 unspecified atom stereocenters. The maximum Gasteiger partial charge on any atom is 0.327 e. The lowest BCUT2D eigenvalue weighted by molar-refractivity contribution is -0.150. The van der Waals surface area contributed by atoms with E-state index in [2.05, 4.69) is 29.1 Å². The van der Waals surface area contributed by atoms with Gasteiger partial charge in [-0.3, -0.25) is 4.90 Å². The van der Waals surface area contributed by atoms with Gasteiger partial charge in [0.25, 0.3) is 0 Å². The van der Waals surface area contributed by atoms with Gasteiger partial charge in [-0.15, -0.1) is 0 Å². The van der Waals surface area contributed by atoms with Crippen LogP contribution in [0.3, 0.4) is 0 Å². The van der Waals surface area contributed by atoms with Crippen molar-refractivity contribution in [3.05, 3.63) is 0 Å². The van der Waals surface area contributed by atoms with Gasteiger partial charge in [-0.25, -0.2) is 4.79 Å². The maximum atomic E-state index is 12.4. The van der Waals surface area contributed by atoms with E-state index in [-0.39, 0.29) is 5.97 Å². The zero-order valence-electron chi connectivity index (χ0n) is 13.3. The van der Waals surface area contributed by atoms with E-state index in [9.17, 15) is 4.79 Å². The number of nitrogens with zero attached hydrogens (tertiary/aromatic N) is 2. The number of rotatable bonds is 5. The summed E-state index contributed by atoms with van der Waals surface area (Å²) in [5.74, 6) is 0.320. The monoisotopic (exact) mass is 283 g/mol. The molecule has 1 saturated carbocycles. The van der Waals surface area contributed by atoms with Gasteiger partial charge >= 0.3 is 5.97 Å². The summed E-state index contributed by atoms with van der Waals surface area (Å²) in [7, 11) is 5.56. The molecule has 0 aromatic heterocycles. The molecule has 1 aliphatic heterocycles. The SMILES string of the molecule is CNC(CN1CCCN(C)CC1C)(C(=O)OC)C1CC1. The molecule has 2 aliphatic rings. The molecule has 5 nitrogen and oxygen atoms in total. The first-order valence-corrected chi connectivity index (χ1v) is 7.73. The van der Waals surface area contributed by atoms with Crippen molar-refractivity contribution in [3.63, 3.8) is 0 Å². The van der Waals surface area contributed by atoms with E-state index in [0.29, 0.717) is 12.0 Å². The van der Waals surface area contributed by atoms with Crippen LogP contribution in [0.4, 0.5) is 0 Å². The van der Waals surface area contributed by atoms with Gasteiger partial charge in [-0.2, -0.15) is 0 Å². The number of carbonyl (C=O) groups is 1. The van der Waals surface area contributed by atoms with Crippen molar-refractivity contribution < 1.29 is 9.53 Å². The van der Waals surface area contributed by atoms with Crippen molar-refractivity contribution in [2.24, 2.45) is 5.92 Å². The van der Waals surface area contributed by atoms with Crippen LogP contribution in [0.5, 0.6) is 0 Å². The number of likely N-dealkylation sites (N-methyl/N-ethyl adjacent to an activating group) is 2. The van der Waals surface area contributed by atoms with Crippen LogP contribution in [0.1, 0.15) is 26.2 Å². The lowest BCUT2D eigenvalue weighted by atomic mass is 9.91. The average Bonchev–Trinajstić information content (AvgIpc) is 3.26. The van der Waals surface area contributed by atoms with E-state index in [1.54, 1.807) is 0 Å². The molecule has 2 rings (SSSR count). The zero-order chi connectivity index (χ0) is 14.8. The fourth-order valence-electron chi connectivity index (χ4n) is 3.48. The van der Waals surface area contributed by atoms with Gasteiger partial charge in [0, 0.05) is 19.1 Å². The van der Waals surface area contributed by atoms with Gasteiger partial charge < -0.3 is 15.0 Å². The summed E-state index contributed by atoms with van der Waals surface area (Å²) >= 11 is 0. The normalized spacial score (nSPS) is 28.7. The van der Waals surface area contributed by atoms with Crippen LogP contribution in [0.15, 0.2) is 0 Å². The Kier molecular flexibility index (Phi) is 5.04. The minimum Gasteiger partial charge on any atom is -0.468 e. The van der Waals surface area contributed by atoms with E-state index in [0.717, 1.165) is 45.4 Å². The number of ether oxygens (including phenoxy) is 1. The number of carbonyl (C=O) groups excluding carboxylic acids is 1. The second kappa shape index (κ2) is 6.41. The second-order valence-electron chi connectivity index (χ2n) is 6.42. The quantitative estimate of drug-likeness (QED) is 0.747. The Hall–Kier alpha value is -0.650. The van der Waals surface area contributed by atoms with E-state index in [1.165, 1.54) is 7.11 Å². The highest BCUT2D eigenvalue weighted by atomic mass is 16.5. The lowest BCUT2D eigenvalue weighted by Gasteiger charge is -2.38. The molecular weight excluding hydrogens is 254 g/mol. The van der Waals surface area contributed by atoms with E-state index in [4.69, 9.17) is 4.74 Å². The lowest BCUT2D eigenvalue weighted by Crippen LogP contribution is -2.61. The minimum absolute atomic E-state index is 0.104. The molecular formula is C15H29N3O2. The Bertz CT molecular complexity index is 346. The van der Waals surface area contributed by atoms with Crippen LogP contribution in [-0.2, 0) is 9.53 Å². The topological polar surface area (TPSA) is 44.8 Å². The van der Waals surface area contributed by atoms with Crippen LogP contribution in [-0.4, -0.2) is 74.7 Å². The number of methoxy groups -OCH3 is 1. The summed E-state index contributed by atoms with van der Waals surface area (Å²) in [4.78, 5) is 17.2. The maximum absolute atomic E-state index is 12.4. The van der Waals surface area contributed by atoms with Crippen molar-refractivity contribution >= 4 is 5.97 Å². The summed E-state index contributed by atoms with van der Waals surface area (Å²) in [6, 6.07) is 0.471. The molecule has 1 heterocycles. The minimum atomic E-state index is -0.522. The summed E-state index contributed by atoms with van der Waals surface area (Å²) in [5.41, 5.74) is -0.522. The second-order valence-corrected chi connectivity index (χ2v) is 6.42. The summed E-state index contributed by atoms with van der Waals surface area (Å²) in [6.45, 7) is 6.27. The first kappa shape index (κ1) is 15.7. The van der Waals surface area contributed by atoms with Crippen molar-refractivity contribution in [3.8, 4) is 0 Å². The Morgan fingerprint density at radius 2 is 2.10 bits per heavy atom. The third-order valence-corrected chi connectivity index (χ3v) is 4.91. The highest BCUT2D eigenvalue weighted by Gasteiger charge is 2.52. The highest BCUT2D eigenvalue weighted by molar-refractivity contribution is 5.82. The number of hydrogen-bond acceptors (Lipinski definition) is 5. The molecule has 0 amide bonds. The number of nitrogens with one attached hydrogen (secondary N) is 1. The van der Waals surface area contributed by atoms with Gasteiger partial charge in [0.1, 0.15) is 5.54 Å². The van der Waals surface area contributed by atoms with E-state index < -0.39 is 5.54 Å². The fraction of sp³-hybridized carbons (Fsp3) is 0.933. The molecule has 20 heavy (non-hydrogen) atoms. The molecule has 0 bridgehead atoms. The summed E-state index contributed by atoms with van der Waals surface area (Å²) < 4.78 is 5.10. The molecule has 1 saturated heterocycles. The molecule has 0 aromatic rings. The first-order chi connectivity index (χ1) is 9.53. The largest absolute Gasteiger partial charge is 0.468 e. The van der Waals surface area contributed by atoms with Gasteiger partial charge in [-0.1, -0.05) is 0 Å². The standard InChI is InChI=1S/C15H29N3O2/c1-12-10-17(3)8-5-9-18(12)11-15(16-2,13-6-7-13)14(19)20-4/h12-13,16H,5-11H2,1-4H3. The van der Waals surface area contributed by atoms with Crippen molar-refractivity contribution in [2.45, 2.75) is 37.8 Å². The molecule has 0 spiro atoms. The average molecular weight is 283 g/mol. The van der Waals surface area contributed by atoms with Gasteiger partial charge in [0.15, 0.2) is 0 Å². The van der Waals surface area contributed by atoms with Gasteiger partial charge in [0.2, 0.25) is 0 Å². The van der Waals surface area contributed by atoms with Crippen LogP contribution >= 0.6 is 0 Å². The van der Waals surface area contributed by atoms with Gasteiger partial charge in [-0.05, 0) is 59.3 Å². The molecule has 116 valence electrons. The molecule has 0 radical (unpaired) electrons.